The molecular formula is C16H31N5. The van der Waals surface area contributed by atoms with Crippen molar-refractivity contribution in [2.24, 2.45) is 0 Å². The fourth-order valence-electron chi connectivity index (χ4n) is 2.97. The normalized spacial score (nSPS) is 17.5. The number of hydrogen-bond acceptors (Lipinski definition) is 4. The van der Waals surface area contributed by atoms with Gasteiger partial charge in [-0.25, -0.2) is 0 Å². The standard InChI is InChI=1S/C16H31N5/c1-4-19(5-2)11-12-21-14-16(13-17-21)18-15-7-9-20(6-3)10-8-15/h13-15,18H,4-12H2,1-3H3. The SMILES string of the molecule is CCN(CC)CCn1cc(NC2CCN(CC)CC2)cn1. The molecule has 0 aromatic carbocycles. The molecule has 5 nitrogen and oxygen atoms in total. The Morgan fingerprint density at radius 3 is 2.57 bits per heavy atom. The van der Waals surface area contributed by atoms with Crippen LogP contribution in [0.25, 0.3) is 0 Å². The van der Waals surface area contributed by atoms with Crippen LogP contribution in [0.2, 0.25) is 0 Å². The molecule has 1 saturated heterocycles. The lowest BCUT2D eigenvalue weighted by molar-refractivity contribution is 0.229. The van der Waals surface area contributed by atoms with Crippen molar-refractivity contribution in [3.05, 3.63) is 12.4 Å². The molecule has 5 heteroatoms. The van der Waals surface area contributed by atoms with Crippen molar-refractivity contribution in [2.75, 3.05) is 44.6 Å². The second-order valence-corrected chi connectivity index (χ2v) is 5.87. The van der Waals surface area contributed by atoms with Gasteiger partial charge in [0.25, 0.3) is 0 Å². The van der Waals surface area contributed by atoms with Gasteiger partial charge in [0.2, 0.25) is 0 Å². The Hall–Kier alpha value is -1.07. The number of aromatic nitrogens is 2. The minimum atomic E-state index is 0.605. The Balaban J connectivity index is 1.75. The average Bonchev–Trinajstić information content (AvgIpc) is 2.96. The molecule has 2 heterocycles. The van der Waals surface area contributed by atoms with Crippen LogP contribution in [0.3, 0.4) is 0 Å². The highest BCUT2D eigenvalue weighted by Crippen LogP contribution is 2.15. The minimum Gasteiger partial charge on any atom is -0.380 e. The van der Waals surface area contributed by atoms with Gasteiger partial charge in [0, 0.05) is 31.9 Å². The lowest BCUT2D eigenvalue weighted by Crippen LogP contribution is -2.38. The number of piperidine rings is 1. The van der Waals surface area contributed by atoms with Gasteiger partial charge >= 0.3 is 0 Å². The largest absolute Gasteiger partial charge is 0.380 e. The van der Waals surface area contributed by atoms with Gasteiger partial charge in [0.1, 0.15) is 0 Å². The zero-order valence-corrected chi connectivity index (χ0v) is 13.9. The third-order valence-corrected chi connectivity index (χ3v) is 4.58. The molecule has 0 aliphatic carbocycles. The van der Waals surface area contributed by atoms with E-state index in [9.17, 15) is 0 Å². The van der Waals surface area contributed by atoms with Crippen molar-refractivity contribution >= 4 is 5.69 Å². The van der Waals surface area contributed by atoms with Crippen LogP contribution in [0.4, 0.5) is 5.69 Å². The van der Waals surface area contributed by atoms with Gasteiger partial charge in [-0.1, -0.05) is 20.8 Å². The molecule has 0 bridgehead atoms. The Morgan fingerprint density at radius 2 is 1.95 bits per heavy atom. The average molecular weight is 293 g/mol. The van der Waals surface area contributed by atoms with E-state index >= 15 is 0 Å². The summed E-state index contributed by atoms with van der Waals surface area (Å²) in [6, 6.07) is 0.605. The fraction of sp³-hybridized carbons (Fsp3) is 0.812. The van der Waals surface area contributed by atoms with Crippen LogP contribution >= 0.6 is 0 Å². The summed E-state index contributed by atoms with van der Waals surface area (Å²) in [7, 11) is 0. The Labute approximate surface area is 129 Å². The molecule has 0 saturated carbocycles. The number of nitrogens with one attached hydrogen (secondary N) is 1. The molecule has 1 N–H and O–H groups in total. The first-order valence-corrected chi connectivity index (χ1v) is 8.48. The van der Waals surface area contributed by atoms with E-state index in [-0.39, 0.29) is 0 Å². The number of hydrogen-bond donors (Lipinski definition) is 1. The second-order valence-electron chi connectivity index (χ2n) is 5.87. The molecule has 0 radical (unpaired) electrons. The van der Waals surface area contributed by atoms with Gasteiger partial charge in [-0.2, -0.15) is 5.10 Å². The van der Waals surface area contributed by atoms with Crippen LogP contribution in [0.15, 0.2) is 12.4 Å². The Morgan fingerprint density at radius 1 is 1.24 bits per heavy atom. The topological polar surface area (TPSA) is 36.3 Å². The third-order valence-electron chi connectivity index (χ3n) is 4.58. The molecule has 2 rings (SSSR count). The second kappa shape index (κ2) is 8.39. The molecule has 0 atom stereocenters. The predicted octanol–water partition coefficient (Wildman–Crippen LogP) is 2.12. The van der Waals surface area contributed by atoms with Crippen molar-refractivity contribution in [3.63, 3.8) is 0 Å². The van der Waals surface area contributed by atoms with Crippen LogP contribution in [-0.4, -0.2) is 64.9 Å². The quantitative estimate of drug-likeness (QED) is 0.796. The van der Waals surface area contributed by atoms with Gasteiger partial charge in [-0.05, 0) is 32.5 Å². The zero-order chi connectivity index (χ0) is 15.1. The highest BCUT2D eigenvalue weighted by molar-refractivity contribution is 5.39. The van der Waals surface area contributed by atoms with E-state index < -0.39 is 0 Å². The zero-order valence-electron chi connectivity index (χ0n) is 13.9. The van der Waals surface area contributed by atoms with Crippen LogP contribution in [0.1, 0.15) is 33.6 Å². The first-order chi connectivity index (χ1) is 10.2. The summed E-state index contributed by atoms with van der Waals surface area (Å²) in [6.45, 7) is 14.5. The predicted molar refractivity (Wildman–Crippen MR) is 88.8 cm³/mol. The lowest BCUT2D eigenvalue weighted by atomic mass is 10.1. The molecule has 1 fully saturated rings. The van der Waals surface area contributed by atoms with Crippen molar-refractivity contribution in [3.8, 4) is 0 Å². The molecule has 120 valence electrons. The van der Waals surface area contributed by atoms with Gasteiger partial charge in [-0.15, -0.1) is 0 Å². The summed E-state index contributed by atoms with van der Waals surface area (Å²) in [5.41, 5.74) is 1.17. The van der Waals surface area contributed by atoms with E-state index in [0.717, 1.165) is 26.2 Å². The smallest absolute Gasteiger partial charge is 0.0728 e. The van der Waals surface area contributed by atoms with Crippen molar-refractivity contribution in [1.29, 1.82) is 0 Å². The van der Waals surface area contributed by atoms with Gasteiger partial charge in [-0.3, -0.25) is 4.68 Å². The number of anilines is 1. The molecule has 1 aliphatic rings. The molecule has 1 aromatic rings. The van der Waals surface area contributed by atoms with Crippen LogP contribution in [-0.2, 0) is 6.54 Å². The van der Waals surface area contributed by atoms with Gasteiger partial charge < -0.3 is 15.1 Å². The van der Waals surface area contributed by atoms with Crippen molar-refractivity contribution in [1.82, 2.24) is 19.6 Å². The maximum absolute atomic E-state index is 4.47. The number of rotatable bonds is 8. The molecule has 0 unspecified atom stereocenters. The summed E-state index contributed by atoms with van der Waals surface area (Å²) < 4.78 is 2.06. The molecular weight excluding hydrogens is 262 g/mol. The monoisotopic (exact) mass is 293 g/mol. The molecule has 1 aliphatic heterocycles. The highest BCUT2D eigenvalue weighted by atomic mass is 15.3. The number of nitrogens with zero attached hydrogens (tertiary/aromatic N) is 4. The summed E-state index contributed by atoms with van der Waals surface area (Å²) in [5.74, 6) is 0. The van der Waals surface area contributed by atoms with E-state index in [0.29, 0.717) is 6.04 Å². The van der Waals surface area contributed by atoms with Crippen molar-refractivity contribution < 1.29 is 0 Å². The summed E-state index contributed by atoms with van der Waals surface area (Å²) >= 11 is 0. The van der Waals surface area contributed by atoms with Gasteiger partial charge in [0.15, 0.2) is 0 Å². The van der Waals surface area contributed by atoms with Crippen LogP contribution in [0, 0.1) is 0 Å². The Kier molecular flexibility index (Phi) is 6.51. The summed E-state index contributed by atoms with van der Waals surface area (Å²) in [6.07, 6.45) is 6.58. The highest BCUT2D eigenvalue weighted by Gasteiger charge is 2.18. The molecule has 0 spiro atoms. The van der Waals surface area contributed by atoms with E-state index in [1.807, 2.05) is 6.20 Å². The maximum Gasteiger partial charge on any atom is 0.0728 e. The fourth-order valence-corrected chi connectivity index (χ4v) is 2.97. The number of likely N-dealkylation sites (tertiary alicyclic amines) is 1. The number of likely N-dealkylation sites (N-methyl/N-ethyl adjacent to an activating group) is 1. The lowest BCUT2D eigenvalue weighted by Gasteiger charge is -2.31. The first-order valence-electron chi connectivity index (χ1n) is 8.48. The Bertz CT molecular complexity index is 391. The van der Waals surface area contributed by atoms with Crippen LogP contribution in [0.5, 0.6) is 0 Å². The maximum atomic E-state index is 4.47. The van der Waals surface area contributed by atoms with Gasteiger partial charge in [0.05, 0.1) is 18.4 Å². The molecule has 1 aromatic heterocycles. The van der Waals surface area contributed by atoms with Crippen LogP contribution < -0.4 is 5.32 Å². The van der Waals surface area contributed by atoms with E-state index in [1.54, 1.807) is 0 Å². The molecule has 21 heavy (non-hydrogen) atoms. The summed E-state index contributed by atoms with van der Waals surface area (Å²) in [5, 5.41) is 8.11. The van der Waals surface area contributed by atoms with E-state index in [2.05, 4.69) is 51.9 Å². The van der Waals surface area contributed by atoms with E-state index in [1.165, 1.54) is 38.2 Å². The van der Waals surface area contributed by atoms with Crippen molar-refractivity contribution in [2.45, 2.75) is 46.2 Å². The third kappa shape index (κ3) is 5.00. The van der Waals surface area contributed by atoms with E-state index in [4.69, 9.17) is 0 Å². The molecule has 0 amide bonds. The minimum absolute atomic E-state index is 0.605. The first kappa shape index (κ1) is 16.3. The summed E-state index contributed by atoms with van der Waals surface area (Å²) in [4.78, 5) is 4.95.